The van der Waals surface area contributed by atoms with Gasteiger partial charge in [-0.25, -0.2) is 0 Å². The second-order valence-electron chi connectivity index (χ2n) is 8.95. The Kier molecular flexibility index (Phi) is 6.10. The molecule has 1 fully saturated rings. The van der Waals surface area contributed by atoms with Gasteiger partial charge in [0.15, 0.2) is 0 Å². The molecule has 0 atom stereocenters. The van der Waals surface area contributed by atoms with Crippen LogP contribution in [0.15, 0.2) is 30.3 Å². The molecule has 1 aromatic rings. The minimum Gasteiger partial charge on any atom is -0.426 e. The van der Waals surface area contributed by atoms with Gasteiger partial charge in [0.05, 0.1) is 5.92 Å². The van der Waals surface area contributed by atoms with E-state index in [-0.39, 0.29) is 11.9 Å². The first kappa shape index (κ1) is 19.4. The third kappa shape index (κ3) is 5.04. The van der Waals surface area contributed by atoms with Crippen LogP contribution in [-0.4, -0.2) is 32.7 Å². The molecule has 0 bridgehead atoms. The molecule has 0 unspecified atom stereocenters. The molecular weight excluding hydrogens is 330 g/mol. The highest BCUT2D eigenvalue weighted by Gasteiger charge is 2.41. The molecular formula is C19H33NO2Si2. The highest BCUT2D eigenvalue weighted by atomic mass is 28.4. The topological polar surface area (TPSA) is 29.5 Å². The van der Waals surface area contributed by atoms with Crippen LogP contribution in [0.25, 0.3) is 0 Å². The van der Waals surface area contributed by atoms with Crippen LogP contribution in [-0.2, 0) is 4.79 Å². The van der Waals surface area contributed by atoms with E-state index in [9.17, 15) is 4.79 Å². The van der Waals surface area contributed by atoms with Gasteiger partial charge in [-0.1, -0.05) is 57.5 Å². The third-order valence-corrected chi connectivity index (χ3v) is 12.4. The number of nitrogens with zero attached hydrogens (tertiary/aromatic N) is 1. The maximum absolute atomic E-state index is 12.4. The molecule has 1 aliphatic rings. The fourth-order valence-corrected chi connectivity index (χ4v) is 15.1. The zero-order chi connectivity index (χ0) is 18.0. The van der Waals surface area contributed by atoms with Gasteiger partial charge in [-0.2, -0.15) is 0 Å². The van der Waals surface area contributed by atoms with Gasteiger partial charge in [-0.05, 0) is 43.9 Å². The standard InChI is InChI=1S/C19H33NO2Si2/c1-23(2,3)20(24(4,5)6)17-14-12-16(13-15-17)19(21)22-18-10-8-7-9-11-18/h7-11,16-17H,12-15H2,1-6H3. The number of hydrogen-bond donors (Lipinski definition) is 0. The summed E-state index contributed by atoms with van der Waals surface area (Å²) in [6.07, 6.45) is 4.18. The number of carbonyl (C=O) groups excluding carboxylic acids is 1. The summed E-state index contributed by atoms with van der Waals surface area (Å²) in [5, 5.41) is 0. The van der Waals surface area contributed by atoms with Crippen molar-refractivity contribution in [3.63, 3.8) is 0 Å². The summed E-state index contributed by atoms with van der Waals surface area (Å²) < 4.78 is 8.45. The van der Waals surface area contributed by atoms with Crippen molar-refractivity contribution in [1.82, 2.24) is 4.23 Å². The maximum atomic E-state index is 12.4. The van der Waals surface area contributed by atoms with E-state index < -0.39 is 16.5 Å². The molecule has 2 rings (SSSR count). The van der Waals surface area contributed by atoms with Crippen molar-refractivity contribution in [1.29, 1.82) is 0 Å². The molecule has 0 heterocycles. The van der Waals surface area contributed by atoms with Crippen molar-refractivity contribution in [2.24, 2.45) is 5.92 Å². The first-order valence-corrected chi connectivity index (χ1v) is 16.0. The second kappa shape index (κ2) is 7.54. The van der Waals surface area contributed by atoms with Gasteiger partial charge in [-0.15, -0.1) is 0 Å². The molecule has 0 aliphatic heterocycles. The average molecular weight is 364 g/mol. The number of carbonyl (C=O) groups is 1. The van der Waals surface area contributed by atoms with E-state index in [0.717, 1.165) is 25.7 Å². The van der Waals surface area contributed by atoms with Gasteiger partial charge < -0.3 is 8.97 Å². The van der Waals surface area contributed by atoms with E-state index in [1.54, 1.807) is 0 Å². The van der Waals surface area contributed by atoms with Gasteiger partial charge in [0, 0.05) is 0 Å². The van der Waals surface area contributed by atoms with Gasteiger partial charge >= 0.3 is 5.97 Å². The summed E-state index contributed by atoms with van der Waals surface area (Å²) in [6, 6.07) is 10.1. The largest absolute Gasteiger partial charge is 0.426 e. The Hall–Kier alpha value is -0.916. The molecule has 1 aliphatic carbocycles. The predicted octanol–water partition coefficient (Wildman–Crippen LogP) is 5.12. The number of benzene rings is 1. The molecule has 1 saturated carbocycles. The number of hydrogen-bond acceptors (Lipinski definition) is 3. The highest BCUT2D eigenvalue weighted by molar-refractivity contribution is 6.89. The lowest BCUT2D eigenvalue weighted by molar-refractivity contribution is -0.140. The van der Waals surface area contributed by atoms with Crippen molar-refractivity contribution >= 4 is 22.4 Å². The van der Waals surface area contributed by atoms with Crippen molar-refractivity contribution in [2.75, 3.05) is 0 Å². The van der Waals surface area contributed by atoms with E-state index in [1.165, 1.54) is 0 Å². The second-order valence-corrected chi connectivity index (χ2v) is 19.0. The maximum Gasteiger partial charge on any atom is 0.314 e. The molecule has 134 valence electrons. The van der Waals surface area contributed by atoms with Crippen molar-refractivity contribution < 1.29 is 9.53 Å². The molecule has 0 saturated heterocycles. The zero-order valence-corrected chi connectivity index (χ0v) is 18.1. The lowest BCUT2D eigenvalue weighted by atomic mass is 9.86. The van der Waals surface area contributed by atoms with Gasteiger partial charge in [0.25, 0.3) is 0 Å². The van der Waals surface area contributed by atoms with Crippen LogP contribution < -0.4 is 4.74 Å². The fraction of sp³-hybridized carbons (Fsp3) is 0.632. The first-order valence-electron chi connectivity index (χ1n) is 9.15. The Balaban J connectivity index is 1.96. The van der Waals surface area contributed by atoms with E-state index in [4.69, 9.17) is 4.74 Å². The van der Waals surface area contributed by atoms with Crippen LogP contribution in [0.3, 0.4) is 0 Å². The number of ether oxygens (including phenoxy) is 1. The molecule has 3 nitrogen and oxygen atoms in total. The van der Waals surface area contributed by atoms with Crippen molar-refractivity contribution in [2.45, 2.75) is 71.0 Å². The molecule has 5 heteroatoms. The van der Waals surface area contributed by atoms with Crippen LogP contribution in [0.5, 0.6) is 5.75 Å². The number of para-hydroxylation sites is 1. The third-order valence-electron chi connectivity index (χ3n) is 4.80. The van der Waals surface area contributed by atoms with E-state index in [2.05, 4.69) is 43.5 Å². The minimum absolute atomic E-state index is 0.0489. The SMILES string of the molecule is C[Si](C)(C)N(C1CCC(C(=O)Oc2ccccc2)CC1)[Si](C)(C)C. The van der Waals surface area contributed by atoms with Crippen LogP contribution in [0.4, 0.5) is 0 Å². The molecule has 0 spiro atoms. The predicted molar refractivity (Wildman–Crippen MR) is 106 cm³/mol. The summed E-state index contributed by atoms with van der Waals surface area (Å²) in [5.41, 5.74) is 0. The van der Waals surface area contributed by atoms with Gasteiger partial charge in [0.1, 0.15) is 22.2 Å². The zero-order valence-electron chi connectivity index (χ0n) is 16.1. The molecule has 24 heavy (non-hydrogen) atoms. The Bertz CT molecular complexity index is 527. The van der Waals surface area contributed by atoms with Crippen LogP contribution in [0.2, 0.25) is 39.3 Å². The van der Waals surface area contributed by atoms with E-state index >= 15 is 0 Å². The average Bonchev–Trinajstić information content (AvgIpc) is 2.46. The summed E-state index contributed by atoms with van der Waals surface area (Å²) in [4.78, 5) is 12.4. The fourth-order valence-electron chi connectivity index (χ4n) is 4.36. The van der Waals surface area contributed by atoms with Crippen molar-refractivity contribution in [3.05, 3.63) is 30.3 Å². The van der Waals surface area contributed by atoms with Crippen LogP contribution in [0, 0.1) is 5.92 Å². The monoisotopic (exact) mass is 363 g/mol. The normalized spacial score (nSPS) is 22.5. The Labute approximate surface area is 149 Å². The van der Waals surface area contributed by atoms with E-state index in [0.29, 0.717) is 11.8 Å². The Morgan fingerprint density at radius 3 is 1.88 bits per heavy atom. The highest BCUT2D eigenvalue weighted by Crippen LogP contribution is 2.34. The molecule has 0 radical (unpaired) electrons. The summed E-state index contributed by atoms with van der Waals surface area (Å²) in [5.74, 6) is 0.675. The Morgan fingerprint density at radius 1 is 0.917 bits per heavy atom. The summed E-state index contributed by atoms with van der Waals surface area (Å²) >= 11 is 0. The molecule has 0 N–H and O–H groups in total. The van der Waals surface area contributed by atoms with Crippen LogP contribution in [0.1, 0.15) is 25.7 Å². The Morgan fingerprint density at radius 2 is 1.42 bits per heavy atom. The van der Waals surface area contributed by atoms with Crippen molar-refractivity contribution in [3.8, 4) is 5.75 Å². The van der Waals surface area contributed by atoms with Gasteiger partial charge in [-0.3, -0.25) is 4.79 Å². The lowest BCUT2D eigenvalue weighted by Crippen LogP contribution is -2.63. The smallest absolute Gasteiger partial charge is 0.314 e. The van der Waals surface area contributed by atoms with Crippen LogP contribution >= 0.6 is 0 Å². The molecule has 1 aromatic carbocycles. The number of esters is 1. The molecule has 0 amide bonds. The minimum atomic E-state index is -1.34. The quantitative estimate of drug-likeness (QED) is 0.413. The lowest BCUT2D eigenvalue weighted by Gasteiger charge is -2.50. The summed E-state index contributed by atoms with van der Waals surface area (Å²) in [7, 11) is -2.68. The first-order chi connectivity index (χ1) is 11.1. The van der Waals surface area contributed by atoms with Gasteiger partial charge in [0.2, 0.25) is 0 Å². The number of rotatable bonds is 5. The van der Waals surface area contributed by atoms with E-state index in [1.807, 2.05) is 30.3 Å². The summed E-state index contributed by atoms with van der Waals surface area (Å²) in [6.45, 7) is 14.8. The molecule has 0 aromatic heterocycles.